The number of fused-ring (bicyclic) bond motifs is 1. The summed E-state index contributed by atoms with van der Waals surface area (Å²) in [6.45, 7) is 0. The van der Waals surface area contributed by atoms with Gasteiger partial charge < -0.3 is 0 Å². The fraction of sp³-hybridized carbons (Fsp3) is 0. The maximum atomic E-state index is 5.89. The highest BCUT2D eigenvalue weighted by Crippen LogP contribution is 2.47. The van der Waals surface area contributed by atoms with E-state index in [0.717, 1.165) is 4.90 Å². The molecule has 0 spiro atoms. The third-order valence-corrected chi connectivity index (χ3v) is 3.32. The zero-order chi connectivity index (χ0) is 7.84. The quantitative estimate of drug-likeness (QED) is 0.524. The van der Waals surface area contributed by atoms with Gasteiger partial charge in [0.1, 0.15) is 0 Å². The summed E-state index contributed by atoms with van der Waals surface area (Å²) in [5, 5.41) is 0.211. The summed E-state index contributed by atoms with van der Waals surface area (Å²) < 4.78 is 0. The summed E-state index contributed by atoms with van der Waals surface area (Å²) in [7, 11) is 5.09. The number of halogens is 2. The Balaban J connectivity index is 2.58. The van der Waals surface area contributed by atoms with E-state index in [4.69, 9.17) is 22.3 Å². The van der Waals surface area contributed by atoms with Crippen molar-refractivity contribution in [2.24, 2.45) is 4.99 Å². The van der Waals surface area contributed by atoms with Crippen molar-refractivity contribution < 1.29 is 0 Å². The van der Waals surface area contributed by atoms with Gasteiger partial charge in [0.15, 0.2) is 5.82 Å². The minimum absolute atomic E-state index is 0.211. The number of aliphatic imine (C=N–C) groups is 1. The van der Waals surface area contributed by atoms with Crippen LogP contribution in [-0.2, 0) is 0 Å². The van der Waals surface area contributed by atoms with Gasteiger partial charge >= 0.3 is 0 Å². The van der Waals surface area contributed by atoms with Crippen molar-refractivity contribution in [3.05, 3.63) is 11.5 Å². The second-order valence-corrected chi connectivity index (χ2v) is 4.67. The largest absolute Gasteiger partial charge is 0.229 e. The van der Waals surface area contributed by atoms with E-state index >= 15 is 0 Å². The van der Waals surface area contributed by atoms with E-state index in [2.05, 4.69) is 15.0 Å². The molecular weight excluding hydrogens is 205 g/mol. The topological polar surface area (TPSA) is 38.1 Å². The molecule has 2 heterocycles. The molecule has 2 rings (SSSR count). The number of hydrogen-bond acceptors (Lipinski definition) is 3. The standard InChI is InChI=1S/C5H3Cl2N3S/c6-5-8-1-3-4(10-5)9-2-11(3)7/h1-2,11H. The molecule has 0 aromatic carbocycles. The van der Waals surface area contributed by atoms with E-state index in [1.807, 2.05) is 0 Å². The molecule has 0 bridgehead atoms. The molecule has 0 saturated heterocycles. The lowest BCUT2D eigenvalue weighted by atomic mass is 10.6. The van der Waals surface area contributed by atoms with Crippen LogP contribution in [0.5, 0.6) is 0 Å². The molecule has 1 unspecified atom stereocenters. The van der Waals surface area contributed by atoms with Crippen LogP contribution in [0.3, 0.4) is 0 Å². The molecule has 0 saturated carbocycles. The average Bonchev–Trinajstić information content (AvgIpc) is 2.32. The SMILES string of the molecule is Clc1ncc2c(n1)N=C[SH]2Cl. The zero-order valence-electron chi connectivity index (χ0n) is 5.20. The number of rotatable bonds is 0. The molecule has 0 fully saturated rings. The Morgan fingerprint density at radius 2 is 2.27 bits per heavy atom. The molecule has 11 heavy (non-hydrogen) atoms. The lowest BCUT2D eigenvalue weighted by molar-refractivity contribution is 1.09. The molecule has 1 atom stereocenters. The first-order valence-corrected chi connectivity index (χ1v) is 5.48. The molecule has 1 aliphatic heterocycles. The van der Waals surface area contributed by atoms with Crippen molar-refractivity contribution >= 4 is 43.8 Å². The molecule has 1 aliphatic rings. The van der Waals surface area contributed by atoms with Crippen LogP contribution >= 0.6 is 32.4 Å². The van der Waals surface area contributed by atoms with Gasteiger partial charge in [0.2, 0.25) is 5.28 Å². The molecule has 3 nitrogen and oxygen atoms in total. The van der Waals surface area contributed by atoms with Gasteiger partial charge in [-0.3, -0.25) is 0 Å². The molecule has 0 amide bonds. The van der Waals surface area contributed by atoms with Crippen molar-refractivity contribution in [2.45, 2.75) is 4.90 Å². The fourth-order valence-corrected chi connectivity index (χ4v) is 2.18. The molecular formula is C5H3Cl2N3S. The van der Waals surface area contributed by atoms with Crippen molar-refractivity contribution in [3.8, 4) is 0 Å². The first kappa shape index (κ1) is 7.34. The van der Waals surface area contributed by atoms with Crippen LogP contribution in [0.25, 0.3) is 0 Å². The highest BCUT2D eigenvalue weighted by molar-refractivity contribution is 8.46. The van der Waals surface area contributed by atoms with E-state index in [0.29, 0.717) is 5.82 Å². The first-order chi connectivity index (χ1) is 5.27. The Morgan fingerprint density at radius 3 is 3.09 bits per heavy atom. The van der Waals surface area contributed by atoms with Crippen LogP contribution in [0.15, 0.2) is 16.1 Å². The van der Waals surface area contributed by atoms with Gasteiger partial charge in [0.25, 0.3) is 0 Å². The average molecular weight is 208 g/mol. The minimum Gasteiger partial charge on any atom is -0.229 e. The predicted molar refractivity (Wildman–Crippen MR) is 48.3 cm³/mol. The van der Waals surface area contributed by atoms with E-state index in [1.165, 1.54) is 0 Å². The number of thiol groups is 1. The zero-order valence-corrected chi connectivity index (χ0v) is 7.61. The molecule has 1 aromatic heterocycles. The van der Waals surface area contributed by atoms with Crippen LogP contribution in [0.2, 0.25) is 5.28 Å². The molecule has 58 valence electrons. The first-order valence-electron chi connectivity index (χ1n) is 2.79. The Labute approximate surface area is 75.3 Å². The summed E-state index contributed by atoms with van der Waals surface area (Å²) in [4.78, 5) is 12.6. The molecule has 0 radical (unpaired) electrons. The Kier molecular flexibility index (Phi) is 1.75. The lowest BCUT2D eigenvalue weighted by Crippen LogP contribution is -1.81. The minimum atomic E-state index is -0.796. The van der Waals surface area contributed by atoms with Crippen LogP contribution in [-0.4, -0.2) is 15.5 Å². The van der Waals surface area contributed by atoms with Gasteiger partial charge in [0, 0.05) is 6.20 Å². The normalized spacial score (nSPS) is 23.6. The van der Waals surface area contributed by atoms with Gasteiger partial charge in [-0.1, -0.05) is 10.7 Å². The van der Waals surface area contributed by atoms with Crippen LogP contribution < -0.4 is 0 Å². The van der Waals surface area contributed by atoms with Gasteiger partial charge in [-0.25, -0.2) is 9.98 Å². The second-order valence-electron chi connectivity index (χ2n) is 1.90. The molecule has 0 aliphatic carbocycles. The maximum absolute atomic E-state index is 5.89. The van der Waals surface area contributed by atoms with Crippen molar-refractivity contribution in [3.63, 3.8) is 0 Å². The predicted octanol–water partition coefficient (Wildman–Crippen LogP) is 2.32. The monoisotopic (exact) mass is 207 g/mol. The number of aromatic nitrogens is 2. The number of hydrogen-bond donors (Lipinski definition) is 1. The van der Waals surface area contributed by atoms with E-state index in [-0.39, 0.29) is 5.28 Å². The molecule has 0 N–H and O–H groups in total. The summed E-state index contributed by atoms with van der Waals surface area (Å²) in [5.41, 5.74) is 1.67. The van der Waals surface area contributed by atoms with Crippen LogP contribution in [0.4, 0.5) is 5.82 Å². The third-order valence-electron chi connectivity index (χ3n) is 1.23. The number of nitrogens with zero attached hydrogens (tertiary/aromatic N) is 3. The fourth-order valence-electron chi connectivity index (χ4n) is 0.759. The Morgan fingerprint density at radius 1 is 1.45 bits per heavy atom. The van der Waals surface area contributed by atoms with Crippen LogP contribution in [0.1, 0.15) is 0 Å². The van der Waals surface area contributed by atoms with Gasteiger partial charge in [-0.15, -0.1) is 10.1 Å². The maximum Gasteiger partial charge on any atom is 0.224 e. The third kappa shape index (κ3) is 1.21. The summed E-state index contributed by atoms with van der Waals surface area (Å²) >= 11 is 5.54. The summed E-state index contributed by atoms with van der Waals surface area (Å²) in [5.74, 6) is 0.603. The van der Waals surface area contributed by atoms with Gasteiger partial charge in [0.05, 0.1) is 10.4 Å². The Bertz CT molecular complexity index is 328. The molecule has 6 heteroatoms. The van der Waals surface area contributed by atoms with E-state index in [1.54, 1.807) is 11.7 Å². The van der Waals surface area contributed by atoms with Crippen molar-refractivity contribution in [2.75, 3.05) is 0 Å². The summed E-state index contributed by atoms with van der Waals surface area (Å²) in [6.07, 6.45) is 1.62. The lowest BCUT2D eigenvalue weighted by Gasteiger charge is -2.00. The van der Waals surface area contributed by atoms with Gasteiger partial charge in [-0.2, -0.15) is 4.98 Å². The highest BCUT2D eigenvalue weighted by Gasteiger charge is 2.15. The van der Waals surface area contributed by atoms with Crippen molar-refractivity contribution in [1.82, 2.24) is 9.97 Å². The summed E-state index contributed by atoms with van der Waals surface area (Å²) in [6, 6.07) is 0. The second kappa shape index (κ2) is 2.62. The smallest absolute Gasteiger partial charge is 0.224 e. The molecule has 1 aromatic rings. The highest BCUT2D eigenvalue weighted by atomic mass is 35.7. The Hall–Kier alpha value is -0.320. The van der Waals surface area contributed by atoms with Gasteiger partial charge in [-0.05, 0) is 11.6 Å². The van der Waals surface area contributed by atoms with Crippen LogP contribution in [0, 0.1) is 0 Å². The van der Waals surface area contributed by atoms with E-state index < -0.39 is 10.1 Å². The van der Waals surface area contributed by atoms with Crippen molar-refractivity contribution in [1.29, 1.82) is 0 Å². The van der Waals surface area contributed by atoms with E-state index in [9.17, 15) is 0 Å².